The summed E-state index contributed by atoms with van der Waals surface area (Å²) < 4.78 is 17.7. The molecule has 0 spiro atoms. The highest BCUT2D eigenvalue weighted by Gasteiger charge is 2.44. The van der Waals surface area contributed by atoms with E-state index in [9.17, 15) is 0 Å². The molecule has 9 nitrogen and oxygen atoms in total. The molecule has 1 unspecified atom stereocenters. The first kappa shape index (κ1) is 23.8. The Hall–Kier alpha value is -3.31. The zero-order chi connectivity index (χ0) is 26.0. The Morgan fingerprint density at radius 2 is 2.05 bits per heavy atom. The standard InChI is InChI=1S/C27H32FN9S/c1-15-13-38-24-23(15)30-14-31-25(24)37-26(29)33-27(34-37)32-19-5-6-21(20(28)11-19)35-7-8-36(16(2)12-35)22-10-17-3-4-18(22)9-17/h5-6,11,13-14,16-18,22H,3-4,7-10,12H2,1-2H3,(H3,29,32,33,34)/t16?,17-,18+,22+/m1/s1. The van der Waals surface area contributed by atoms with E-state index < -0.39 is 0 Å². The first-order valence-corrected chi connectivity index (χ1v) is 14.3. The SMILES string of the molecule is Cc1csc2c(-n3nc(Nc4ccc(N5CCN([C@H]6C[C@@H]7CC[C@H]6C7)C(C)C5)c(F)c4)nc3N)ncnc12. The largest absolute Gasteiger partial charge is 0.368 e. The van der Waals surface area contributed by atoms with Crippen LogP contribution < -0.4 is 16.0 Å². The Morgan fingerprint density at radius 1 is 1.16 bits per heavy atom. The number of halogens is 1. The van der Waals surface area contributed by atoms with Crippen molar-refractivity contribution in [3.63, 3.8) is 0 Å². The van der Waals surface area contributed by atoms with E-state index in [-0.39, 0.29) is 17.7 Å². The highest BCUT2D eigenvalue weighted by atomic mass is 32.1. The Bertz CT molecular complexity index is 1500. The molecule has 1 saturated heterocycles. The van der Waals surface area contributed by atoms with Crippen LogP contribution in [0.15, 0.2) is 29.9 Å². The molecule has 198 valence electrons. The molecule has 0 amide bonds. The van der Waals surface area contributed by atoms with Gasteiger partial charge in [0.15, 0.2) is 5.82 Å². The molecule has 2 bridgehead atoms. The maximum Gasteiger partial charge on any atom is 0.248 e. The van der Waals surface area contributed by atoms with Crippen LogP contribution in [0.25, 0.3) is 16.0 Å². The van der Waals surface area contributed by atoms with Crippen LogP contribution in [0.2, 0.25) is 0 Å². The topological polar surface area (TPSA) is 101 Å². The van der Waals surface area contributed by atoms with E-state index in [0.717, 1.165) is 53.3 Å². The normalized spacial score (nSPS) is 25.5. The molecular formula is C27H32FN9S. The first-order chi connectivity index (χ1) is 18.4. The quantitative estimate of drug-likeness (QED) is 0.379. The van der Waals surface area contributed by atoms with Gasteiger partial charge in [-0.2, -0.15) is 9.67 Å². The second-order valence-corrected chi connectivity index (χ2v) is 11.9. The summed E-state index contributed by atoms with van der Waals surface area (Å²) in [5, 5.41) is 9.62. The number of thiophene rings is 1. The highest BCUT2D eigenvalue weighted by Crippen LogP contribution is 2.47. The number of aromatic nitrogens is 5. The first-order valence-electron chi connectivity index (χ1n) is 13.4. The molecule has 4 aromatic rings. The third kappa shape index (κ3) is 3.99. The number of fused-ring (bicyclic) bond motifs is 3. The summed E-state index contributed by atoms with van der Waals surface area (Å²) in [5.41, 5.74) is 9.32. The van der Waals surface area contributed by atoms with Crippen LogP contribution in [0.3, 0.4) is 0 Å². The molecule has 3 aliphatic rings. The number of piperazine rings is 1. The van der Waals surface area contributed by atoms with Gasteiger partial charge in [-0.3, -0.25) is 4.90 Å². The summed E-state index contributed by atoms with van der Waals surface area (Å²) in [5.74, 6) is 2.60. The van der Waals surface area contributed by atoms with Crippen molar-refractivity contribution in [1.29, 1.82) is 0 Å². The molecule has 11 heteroatoms. The molecule has 4 atom stereocenters. The van der Waals surface area contributed by atoms with E-state index in [1.54, 1.807) is 0 Å². The number of aryl methyl sites for hydroxylation is 1. The molecule has 2 saturated carbocycles. The summed E-state index contributed by atoms with van der Waals surface area (Å²) in [6.07, 6.45) is 7.07. The molecule has 3 aromatic heterocycles. The molecule has 1 aromatic carbocycles. The van der Waals surface area contributed by atoms with Crippen LogP contribution in [0.5, 0.6) is 0 Å². The van der Waals surface area contributed by atoms with Gasteiger partial charge < -0.3 is 16.0 Å². The minimum atomic E-state index is -0.255. The fourth-order valence-electron chi connectivity index (χ4n) is 6.91. The summed E-state index contributed by atoms with van der Waals surface area (Å²) in [6.45, 7) is 6.98. The van der Waals surface area contributed by atoms with Gasteiger partial charge in [0.1, 0.15) is 12.1 Å². The molecule has 38 heavy (non-hydrogen) atoms. The molecule has 2 aliphatic carbocycles. The van der Waals surface area contributed by atoms with E-state index in [1.807, 2.05) is 24.4 Å². The van der Waals surface area contributed by atoms with Gasteiger partial charge in [-0.15, -0.1) is 16.4 Å². The lowest BCUT2D eigenvalue weighted by Crippen LogP contribution is -2.56. The average molecular weight is 534 g/mol. The van der Waals surface area contributed by atoms with Gasteiger partial charge in [0.2, 0.25) is 11.9 Å². The van der Waals surface area contributed by atoms with Crippen LogP contribution >= 0.6 is 11.3 Å². The lowest BCUT2D eigenvalue weighted by molar-refractivity contribution is 0.0900. The predicted molar refractivity (Wildman–Crippen MR) is 149 cm³/mol. The van der Waals surface area contributed by atoms with Gasteiger partial charge in [0, 0.05) is 37.4 Å². The summed E-state index contributed by atoms with van der Waals surface area (Å²) in [7, 11) is 0. The maximum absolute atomic E-state index is 15.3. The molecular weight excluding hydrogens is 501 g/mol. The summed E-state index contributed by atoms with van der Waals surface area (Å²) in [4.78, 5) is 18.0. The molecule has 3 N–H and O–H groups in total. The van der Waals surface area contributed by atoms with Crippen molar-refractivity contribution in [2.45, 2.75) is 51.6 Å². The van der Waals surface area contributed by atoms with Crippen molar-refractivity contribution in [2.24, 2.45) is 11.8 Å². The third-order valence-electron chi connectivity index (χ3n) is 8.70. The Balaban J connectivity index is 1.06. The van der Waals surface area contributed by atoms with Gasteiger partial charge in [0.05, 0.1) is 15.9 Å². The van der Waals surface area contributed by atoms with Crippen LogP contribution in [0.1, 0.15) is 38.2 Å². The Labute approximate surface area is 224 Å². The van der Waals surface area contributed by atoms with Gasteiger partial charge >= 0.3 is 0 Å². The number of benzene rings is 1. The monoisotopic (exact) mass is 533 g/mol. The number of anilines is 4. The number of hydrogen-bond acceptors (Lipinski definition) is 9. The van der Waals surface area contributed by atoms with Crippen molar-refractivity contribution < 1.29 is 4.39 Å². The second-order valence-electron chi connectivity index (χ2n) is 11.1. The average Bonchev–Trinajstić information content (AvgIpc) is 3.69. The fraction of sp³-hybridized carbons (Fsp3) is 0.481. The van der Waals surface area contributed by atoms with Gasteiger partial charge in [-0.25, -0.2) is 14.4 Å². The van der Waals surface area contributed by atoms with Gasteiger partial charge in [-0.1, -0.05) is 6.42 Å². The van der Waals surface area contributed by atoms with E-state index in [0.29, 0.717) is 23.2 Å². The maximum atomic E-state index is 15.3. The fourth-order valence-corrected chi connectivity index (χ4v) is 7.89. The lowest BCUT2D eigenvalue weighted by Gasteiger charge is -2.46. The van der Waals surface area contributed by atoms with E-state index in [1.165, 1.54) is 54.1 Å². The number of rotatable bonds is 5. The van der Waals surface area contributed by atoms with Crippen molar-refractivity contribution in [2.75, 3.05) is 35.6 Å². The van der Waals surface area contributed by atoms with Gasteiger partial charge in [0.25, 0.3) is 0 Å². The van der Waals surface area contributed by atoms with Crippen LogP contribution in [0.4, 0.5) is 27.7 Å². The van der Waals surface area contributed by atoms with Crippen LogP contribution in [0, 0.1) is 24.6 Å². The van der Waals surface area contributed by atoms with Crippen molar-refractivity contribution in [3.05, 3.63) is 41.3 Å². The van der Waals surface area contributed by atoms with E-state index in [2.05, 4.69) is 42.1 Å². The molecule has 3 fully saturated rings. The number of nitrogen functional groups attached to an aromatic ring is 1. The predicted octanol–water partition coefficient (Wildman–Crippen LogP) is 4.74. The van der Waals surface area contributed by atoms with E-state index >= 15 is 4.39 Å². The molecule has 1 aliphatic heterocycles. The minimum Gasteiger partial charge on any atom is -0.368 e. The van der Waals surface area contributed by atoms with Crippen LogP contribution in [-0.4, -0.2) is 61.4 Å². The highest BCUT2D eigenvalue weighted by molar-refractivity contribution is 7.17. The smallest absolute Gasteiger partial charge is 0.248 e. The summed E-state index contributed by atoms with van der Waals surface area (Å²) >= 11 is 1.54. The van der Waals surface area contributed by atoms with Crippen molar-refractivity contribution in [3.8, 4) is 5.82 Å². The Kier molecular flexibility index (Phi) is 5.73. The minimum absolute atomic E-state index is 0.193. The summed E-state index contributed by atoms with van der Waals surface area (Å²) in [6, 6.07) is 6.37. The van der Waals surface area contributed by atoms with Crippen molar-refractivity contribution >= 4 is 44.8 Å². The second kappa shape index (κ2) is 9.16. The number of nitrogens with one attached hydrogen (secondary N) is 1. The van der Waals surface area contributed by atoms with Crippen molar-refractivity contribution in [1.82, 2.24) is 29.6 Å². The molecule has 0 radical (unpaired) electrons. The third-order valence-corrected chi connectivity index (χ3v) is 9.78. The Morgan fingerprint density at radius 3 is 2.82 bits per heavy atom. The number of nitrogens with two attached hydrogens (primary N) is 1. The van der Waals surface area contributed by atoms with E-state index in [4.69, 9.17) is 5.73 Å². The van der Waals surface area contributed by atoms with Gasteiger partial charge in [-0.05, 0) is 74.1 Å². The molecule has 4 heterocycles. The van der Waals surface area contributed by atoms with Crippen LogP contribution in [-0.2, 0) is 0 Å². The molecule has 7 rings (SSSR count). The number of nitrogens with zero attached hydrogens (tertiary/aromatic N) is 7. The lowest BCUT2D eigenvalue weighted by atomic mass is 9.92. The zero-order valence-electron chi connectivity index (χ0n) is 21.6. The zero-order valence-corrected chi connectivity index (χ0v) is 22.5. The number of hydrogen-bond donors (Lipinski definition) is 2.